The van der Waals surface area contributed by atoms with Crippen molar-refractivity contribution in [3.05, 3.63) is 18.0 Å². The first-order valence-corrected chi connectivity index (χ1v) is 7.26. The summed E-state index contributed by atoms with van der Waals surface area (Å²) in [5.41, 5.74) is 1.11. The van der Waals surface area contributed by atoms with Gasteiger partial charge in [-0.15, -0.1) is 0 Å². The number of hydrogen-bond donors (Lipinski definition) is 1. The topological polar surface area (TPSA) is 64.0 Å². The van der Waals surface area contributed by atoms with Gasteiger partial charge >= 0.3 is 0 Å². The largest absolute Gasteiger partial charge is 0.316 e. The van der Waals surface area contributed by atoms with Gasteiger partial charge in [-0.25, -0.2) is 8.42 Å². The highest BCUT2D eigenvalue weighted by Gasteiger charge is 2.06. The molecule has 0 amide bonds. The van der Waals surface area contributed by atoms with E-state index >= 15 is 0 Å². The lowest BCUT2D eigenvalue weighted by Gasteiger charge is -2.01. The molecule has 5 nitrogen and oxygen atoms in total. The Labute approximate surface area is 96.8 Å². The van der Waals surface area contributed by atoms with Crippen LogP contribution in [0.2, 0.25) is 0 Å². The van der Waals surface area contributed by atoms with E-state index in [1.54, 1.807) is 17.8 Å². The van der Waals surface area contributed by atoms with E-state index in [4.69, 9.17) is 0 Å². The maximum absolute atomic E-state index is 11.3. The van der Waals surface area contributed by atoms with Crippen molar-refractivity contribution in [3.8, 4) is 0 Å². The van der Waals surface area contributed by atoms with Crippen molar-refractivity contribution >= 4 is 9.84 Å². The zero-order valence-corrected chi connectivity index (χ0v) is 10.6. The minimum absolute atomic E-state index is 0.219. The molecule has 0 spiro atoms. The smallest absolute Gasteiger partial charge is 0.150 e. The molecule has 0 atom stereocenters. The molecule has 0 unspecified atom stereocenters. The summed E-state index contributed by atoms with van der Waals surface area (Å²) in [7, 11) is -0.966. The van der Waals surface area contributed by atoms with Crippen LogP contribution in [0.3, 0.4) is 0 Å². The second-order valence-electron chi connectivity index (χ2n) is 3.73. The summed E-state index contributed by atoms with van der Waals surface area (Å²) in [4.78, 5) is 0. The van der Waals surface area contributed by atoms with Crippen LogP contribution >= 0.6 is 0 Å². The van der Waals surface area contributed by atoms with E-state index in [9.17, 15) is 8.42 Å². The Hall–Kier alpha value is -0.880. The minimum atomic E-state index is -2.85. The highest BCUT2D eigenvalue weighted by molar-refractivity contribution is 7.91. The van der Waals surface area contributed by atoms with Crippen LogP contribution in [0.25, 0.3) is 0 Å². The summed E-state index contributed by atoms with van der Waals surface area (Å²) in [6.45, 7) is 3.12. The van der Waals surface area contributed by atoms with Crippen molar-refractivity contribution in [2.75, 3.05) is 18.6 Å². The standard InChI is InChI=1S/C10H19N3O2S/c1-3-16(14,15)6-4-5-13-9-10(7-11-2)8-12-13/h8-9,11H,3-7H2,1-2H3. The summed E-state index contributed by atoms with van der Waals surface area (Å²) < 4.78 is 24.3. The van der Waals surface area contributed by atoms with Crippen LogP contribution in [0.1, 0.15) is 18.9 Å². The lowest BCUT2D eigenvalue weighted by molar-refractivity contribution is 0.573. The molecule has 0 bridgehead atoms. The Morgan fingerprint density at radius 1 is 1.50 bits per heavy atom. The molecule has 1 aromatic rings. The Kier molecular flexibility index (Phi) is 4.95. The average molecular weight is 245 g/mol. The van der Waals surface area contributed by atoms with Gasteiger partial charge in [-0.1, -0.05) is 6.92 Å². The van der Waals surface area contributed by atoms with Gasteiger partial charge in [0.2, 0.25) is 0 Å². The summed E-state index contributed by atoms with van der Waals surface area (Å²) >= 11 is 0. The summed E-state index contributed by atoms with van der Waals surface area (Å²) in [5, 5.41) is 7.20. The van der Waals surface area contributed by atoms with Crippen LogP contribution < -0.4 is 5.32 Å². The summed E-state index contributed by atoms with van der Waals surface area (Å²) in [6, 6.07) is 0. The maximum atomic E-state index is 11.3. The van der Waals surface area contributed by atoms with Gasteiger partial charge in [0.25, 0.3) is 0 Å². The highest BCUT2D eigenvalue weighted by Crippen LogP contribution is 2.00. The second kappa shape index (κ2) is 6.00. The Morgan fingerprint density at radius 2 is 2.25 bits per heavy atom. The molecule has 16 heavy (non-hydrogen) atoms. The maximum Gasteiger partial charge on any atom is 0.150 e. The van der Waals surface area contributed by atoms with E-state index in [0.29, 0.717) is 13.0 Å². The van der Waals surface area contributed by atoms with E-state index < -0.39 is 9.84 Å². The molecule has 6 heteroatoms. The lowest BCUT2D eigenvalue weighted by atomic mass is 10.4. The predicted molar refractivity (Wildman–Crippen MR) is 63.9 cm³/mol. The van der Waals surface area contributed by atoms with Crippen molar-refractivity contribution < 1.29 is 8.42 Å². The zero-order chi connectivity index (χ0) is 12.0. The summed E-state index contributed by atoms with van der Waals surface area (Å²) in [5.74, 6) is 0.460. The van der Waals surface area contributed by atoms with Crippen LogP contribution in [0, 0.1) is 0 Å². The monoisotopic (exact) mass is 245 g/mol. The minimum Gasteiger partial charge on any atom is -0.316 e. The summed E-state index contributed by atoms with van der Waals surface area (Å²) in [6.07, 6.45) is 4.36. The number of aromatic nitrogens is 2. The molecule has 0 aliphatic heterocycles. The third-order valence-electron chi connectivity index (χ3n) is 2.35. The fourth-order valence-electron chi connectivity index (χ4n) is 1.41. The number of nitrogens with zero attached hydrogens (tertiary/aromatic N) is 2. The van der Waals surface area contributed by atoms with Crippen molar-refractivity contribution in [1.29, 1.82) is 0 Å². The second-order valence-corrected chi connectivity index (χ2v) is 6.20. The van der Waals surface area contributed by atoms with Crippen LogP contribution in [0.15, 0.2) is 12.4 Å². The number of nitrogens with one attached hydrogen (secondary N) is 1. The fourth-order valence-corrected chi connectivity index (χ4v) is 2.27. The molecule has 0 aromatic carbocycles. The van der Waals surface area contributed by atoms with E-state index in [1.165, 1.54) is 0 Å². The number of aryl methyl sites for hydroxylation is 1. The Bertz CT molecular complexity index is 411. The quantitative estimate of drug-likeness (QED) is 0.756. The average Bonchev–Trinajstić information content (AvgIpc) is 2.66. The molecule has 0 radical (unpaired) electrons. The van der Waals surface area contributed by atoms with Gasteiger partial charge in [-0.05, 0) is 13.5 Å². The third kappa shape index (κ3) is 4.32. The van der Waals surface area contributed by atoms with Gasteiger partial charge in [-0.2, -0.15) is 5.10 Å². The van der Waals surface area contributed by atoms with Crippen LogP contribution in [0.5, 0.6) is 0 Å². The van der Waals surface area contributed by atoms with E-state index in [1.807, 2.05) is 13.2 Å². The van der Waals surface area contributed by atoms with Gasteiger partial charge in [0.15, 0.2) is 0 Å². The first-order chi connectivity index (χ1) is 7.57. The Morgan fingerprint density at radius 3 is 2.88 bits per heavy atom. The predicted octanol–water partition coefficient (Wildman–Crippen LogP) is 0.427. The number of hydrogen-bond acceptors (Lipinski definition) is 4. The molecule has 1 rings (SSSR count). The first kappa shape index (κ1) is 13.2. The molecule has 0 aliphatic carbocycles. The van der Waals surface area contributed by atoms with Gasteiger partial charge in [0.05, 0.1) is 11.9 Å². The van der Waals surface area contributed by atoms with Gasteiger partial charge in [0.1, 0.15) is 9.84 Å². The van der Waals surface area contributed by atoms with Gasteiger partial charge in [0, 0.05) is 30.6 Å². The van der Waals surface area contributed by atoms with Crippen LogP contribution in [0.4, 0.5) is 0 Å². The lowest BCUT2D eigenvalue weighted by Crippen LogP contribution is -2.11. The fraction of sp³-hybridized carbons (Fsp3) is 0.700. The van der Waals surface area contributed by atoms with E-state index in [0.717, 1.165) is 12.1 Å². The molecular formula is C10H19N3O2S. The van der Waals surface area contributed by atoms with Crippen molar-refractivity contribution in [2.45, 2.75) is 26.4 Å². The van der Waals surface area contributed by atoms with Crippen molar-refractivity contribution in [1.82, 2.24) is 15.1 Å². The molecule has 1 heterocycles. The molecule has 0 saturated carbocycles. The van der Waals surface area contributed by atoms with Gasteiger partial charge in [-0.3, -0.25) is 4.68 Å². The SMILES string of the molecule is CCS(=O)(=O)CCCn1cc(CNC)cn1. The van der Waals surface area contributed by atoms with Crippen molar-refractivity contribution in [2.24, 2.45) is 0 Å². The molecule has 0 aliphatic rings. The van der Waals surface area contributed by atoms with Crippen molar-refractivity contribution in [3.63, 3.8) is 0 Å². The molecule has 92 valence electrons. The third-order valence-corrected chi connectivity index (χ3v) is 4.14. The van der Waals surface area contributed by atoms with Gasteiger partial charge < -0.3 is 5.32 Å². The first-order valence-electron chi connectivity index (χ1n) is 5.43. The van der Waals surface area contributed by atoms with Crippen LogP contribution in [-0.4, -0.2) is 36.8 Å². The number of sulfone groups is 1. The van der Waals surface area contributed by atoms with E-state index in [-0.39, 0.29) is 11.5 Å². The number of rotatable bonds is 7. The van der Waals surface area contributed by atoms with Crippen LogP contribution in [-0.2, 0) is 22.9 Å². The molecule has 1 N–H and O–H groups in total. The normalized spacial score (nSPS) is 11.9. The Balaban J connectivity index is 2.37. The molecule has 0 fully saturated rings. The van der Waals surface area contributed by atoms with E-state index in [2.05, 4.69) is 10.4 Å². The highest BCUT2D eigenvalue weighted by atomic mass is 32.2. The molecule has 1 aromatic heterocycles. The molecular weight excluding hydrogens is 226 g/mol. The zero-order valence-electron chi connectivity index (χ0n) is 9.81. The molecule has 0 saturated heterocycles.